The first-order chi connectivity index (χ1) is 10.00. The van der Waals surface area contributed by atoms with Crippen LogP contribution in [-0.2, 0) is 11.3 Å². The van der Waals surface area contributed by atoms with Crippen molar-refractivity contribution in [1.82, 2.24) is 8.79 Å². The number of nitrogens with zero attached hydrogens (tertiary/aromatic N) is 2. The molecule has 1 unspecified atom stereocenters. The minimum Gasteiger partial charge on any atom is -0.293 e. The van der Waals surface area contributed by atoms with Gasteiger partial charge >= 0.3 is 11.3 Å². The molecule has 2 heterocycles. The molecule has 0 aromatic heterocycles. The van der Waals surface area contributed by atoms with Crippen molar-refractivity contribution in [2.75, 3.05) is 20.6 Å². The van der Waals surface area contributed by atoms with Crippen molar-refractivity contribution in [2.24, 2.45) is 0 Å². The van der Waals surface area contributed by atoms with Crippen LogP contribution in [0, 0.1) is 0 Å². The summed E-state index contributed by atoms with van der Waals surface area (Å²) in [6.45, 7) is 1.22. The average molecular weight is 309 g/mol. The number of quaternary nitrogens is 1. The summed E-state index contributed by atoms with van der Waals surface area (Å²) in [4.78, 5) is 2.67. The van der Waals surface area contributed by atoms with Crippen molar-refractivity contribution in [3.8, 4) is 0 Å². The lowest BCUT2D eigenvalue weighted by Crippen LogP contribution is -2.41. The van der Waals surface area contributed by atoms with E-state index in [-0.39, 0.29) is 3.89 Å². The van der Waals surface area contributed by atoms with Crippen LogP contribution in [-0.4, -0.2) is 40.3 Å². The Labute approximate surface area is 129 Å². The Kier molecular flexibility index (Phi) is 4.19. The number of fused-ring (bicyclic) bond motifs is 1. The van der Waals surface area contributed by atoms with Gasteiger partial charge in [-0.05, 0) is 37.8 Å². The van der Waals surface area contributed by atoms with E-state index in [0.29, 0.717) is 6.04 Å². The maximum Gasteiger partial charge on any atom is 0.363 e. The minimum absolute atomic E-state index is 0.0166. The normalized spacial score (nSPS) is 28.3. The van der Waals surface area contributed by atoms with Crippen LogP contribution in [0.3, 0.4) is 0 Å². The van der Waals surface area contributed by atoms with Crippen molar-refractivity contribution < 1.29 is 8.76 Å². The number of hydrogen-bond donors (Lipinski definition) is 1. The predicted octanol–water partition coefficient (Wildman–Crippen LogP) is 3.08. The number of piperidine rings is 1. The van der Waals surface area contributed by atoms with E-state index in [1.54, 1.807) is 14.1 Å². The van der Waals surface area contributed by atoms with Crippen molar-refractivity contribution in [3.63, 3.8) is 0 Å². The van der Waals surface area contributed by atoms with E-state index >= 15 is 0 Å². The summed E-state index contributed by atoms with van der Waals surface area (Å²) in [7, 11) is 3.50. The van der Waals surface area contributed by atoms with Crippen LogP contribution in [0.4, 0.5) is 5.69 Å². The smallest absolute Gasteiger partial charge is 0.293 e. The van der Waals surface area contributed by atoms with Crippen molar-refractivity contribution in [2.45, 2.75) is 44.2 Å². The van der Waals surface area contributed by atoms with E-state index in [4.69, 9.17) is 0 Å². The highest BCUT2D eigenvalue weighted by atomic mass is 32.2. The van der Waals surface area contributed by atoms with Crippen LogP contribution in [0.25, 0.3) is 0 Å². The van der Waals surface area contributed by atoms with E-state index in [2.05, 4.69) is 17.0 Å². The fourth-order valence-electron chi connectivity index (χ4n) is 3.76. The highest BCUT2D eigenvalue weighted by molar-refractivity contribution is 7.78. The molecule has 3 atom stereocenters. The first kappa shape index (κ1) is 15.2. The van der Waals surface area contributed by atoms with E-state index in [0.717, 1.165) is 11.7 Å². The van der Waals surface area contributed by atoms with Gasteiger partial charge in [0.05, 0.1) is 14.1 Å². The second kappa shape index (κ2) is 5.80. The first-order valence-electron chi connectivity index (χ1n) is 7.82. The van der Waals surface area contributed by atoms with Gasteiger partial charge in [-0.3, -0.25) is 9.45 Å². The molecular weight excluding hydrogens is 284 g/mol. The standard InChI is InChI=1S/C16H24N2O2S/c1-18(2,21(19)20)15-9-6-13(7-10-15)16-11-8-14-5-3-4-12-17(14)16/h6-7,9-10,14,16H,3-5,8,11-12H2,1-2H3/p+1/t14-,16-/m1/s1. The fraction of sp³-hybridized carbons (Fsp3) is 0.625. The van der Waals surface area contributed by atoms with E-state index in [9.17, 15) is 8.76 Å². The Morgan fingerprint density at radius 2 is 1.86 bits per heavy atom. The van der Waals surface area contributed by atoms with Gasteiger partial charge < -0.3 is 0 Å². The molecule has 0 bridgehead atoms. The van der Waals surface area contributed by atoms with Crippen LogP contribution >= 0.6 is 0 Å². The van der Waals surface area contributed by atoms with Gasteiger partial charge in [0.15, 0.2) is 0 Å². The van der Waals surface area contributed by atoms with E-state index in [1.165, 1.54) is 44.2 Å². The highest BCUT2D eigenvalue weighted by Gasteiger charge is 2.36. The van der Waals surface area contributed by atoms with E-state index < -0.39 is 11.3 Å². The molecule has 2 aliphatic heterocycles. The van der Waals surface area contributed by atoms with Crippen LogP contribution < -0.4 is 3.89 Å². The van der Waals surface area contributed by atoms with Crippen LogP contribution in [0.1, 0.15) is 43.7 Å². The summed E-state index contributed by atoms with van der Waals surface area (Å²) in [6, 6.07) is 9.61. The summed E-state index contributed by atoms with van der Waals surface area (Å²) in [5.74, 6) is 0. The molecule has 2 fully saturated rings. The fourth-order valence-corrected chi connectivity index (χ4v) is 4.07. The molecule has 0 saturated carbocycles. The molecule has 1 aromatic rings. The Bertz CT molecular complexity index is 530. The van der Waals surface area contributed by atoms with Crippen LogP contribution in [0.5, 0.6) is 0 Å². The van der Waals surface area contributed by atoms with Crippen molar-refractivity contribution >= 4 is 17.0 Å². The summed E-state index contributed by atoms with van der Waals surface area (Å²) >= 11 is -1.91. The van der Waals surface area contributed by atoms with Crippen LogP contribution in [0.2, 0.25) is 0 Å². The van der Waals surface area contributed by atoms with Gasteiger partial charge in [-0.2, -0.15) is 8.10 Å². The first-order valence-corrected chi connectivity index (χ1v) is 8.88. The van der Waals surface area contributed by atoms with Crippen molar-refractivity contribution in [3.05, 3.63) is 29.8 Å². The summed E-state index contributed by atoms with van der Waals surface area (Å²) in [6.07, 6.45) is 6.60. The number of benzene rings is 1. The molecule has 3 rings (SSSR count). The molecule has 21 heavy (non-hydrogen) atoms. The Morgan fingerprint density at radius 1 is 1.14 bits per heavy atom. The van der Waals surface area contributed by atoms with E-state index in [1.807, 2.05) is 12.1 Å². The van der Waals surface area contributed by atoms with Gasteiger partial charge in [0, 0.05) is 24.2 Å². The molecule has 0 radical (unpaired) electrons. The molecule has 4 nitrogen and oxygen atoms in total. The van der Waals surface area contributed by atoms with Crippen molar-refractivity contribution in [1.29, 1.82) is 0 Å². The maximum absolute atomic E-state index is 11.4. The Morgan fingerprint density at radius 3 is 2.52 bits per heavy atom. The van der Waals surface area contributed by atoms with Crippen LogP contribution in [0.15, 0.2) is 24.3 Å². The topological polar surface area (TPSA) is 40.5 Å². The largest absolute Gasteiger partial charge is 0.363 e. The molecule has 5 heteroatoms. The van der Waals surface area contributed by atoms with Gasteiger partial charge in [-0.1, -0.05) is 18.6 Å². The SMILES string of the molecule is C[N+](C)(c1ccc([C@H]2CC[C@H]3CCCCN32)cc1)S(=O)O. The third-order valence-electron chi connectivity index (χ3n) is 5.14. The third-order valence-corrected chi connectivity index (χ3v) is 6.13. The number of hydrogen-bond acceptors (Lipinski definition) is 2. The maximum atomic E-state index is 11.4. The summed E-state index contributed by atoms with van der Waals surface area (Å²) in [5.41, 5.74) is 2.22. The minimum atomic E-state index is -1.91. The monoisotopic (exact) mass is 309 g/mol. The summed E-state index contributed by atoms with van der Waals surface area (Å²) in [5, 5.41) is 0. The van der Waals surface area contributed by atoms with Gasteiger partial charge in [-0.25, -0.2) is 0 Å². The second-order valence-electron chi connectivity index (χ2n) is 6.65. The molecule has 0 spiro atoms. The Balaban J connectivity index is 1.80. The van der Waals surface area contributed by atoms with Gasteiger partial charge in [0.2, 0.25) is 0 Å². The zero-order chi connectivity index (χ0) is 15.0. The lowest BCUT2D eigenvalue weighted by atomic mass is 10.0. The molecule has 116 valence electrons. The molecule has 2 saturated heterocycles. The third kappa shape index (κ3) is 2.80. The molecule has 0 amide bonds. The molecule has 2 aliphatic rings. The quantitative estimate of drug-likeness (QED) is 0.689. The van der Waals surface area contributed by atoms with Gasteiger partial charge in [0.25, 0.3) is 0 Å². The zero-order valence-corrected chi connectivity index (χ0v) is 13.7. The predicted molar refractivity (Wildman–Crippen MR) is 87.2 cm³/mol. The molecular formula is C16H25N2O2S+. The molecule has 1 aromatic carbocycles. The lowest BCUT2D eigenvalue weighted by Gasteiger charge is -2.34. The number of rotatable bonds is 3. The molecule has 0 aliphatic carbocycles. The van der Waals surface area contributed by atoms with Gasteiger partial charge in [0.1, 0.15) is 5.69 Å². The second-order valence-corrected chi connectivity index (χ2v) is 8.03. The lowest BCUT2D eigenvalue weighted by molar-refractivity contribution is 0.150. The summed E-state index contributed by atoms with van der Waals surface area (Å²) < 4.78 is 20.8. The zero-order valence-electron chi connectivity index (χ0n) is 12.9. The van der Waals surface area contributed by atoms with Gasteiger partial charge in [-0.15, -0.1) is 0 Å². The average Bonchev–Trinajstić information content (AvgIpc) is 2.91. The molecule has 1 N–H and O–H groups in total. The highest BCUT2D eigenvalue weighted by Crippen LogP contribution is 2.40. The Hall–Kier alpha value is -0.750.